The van der Waals surface area contributed by atoms with Crippen LogP contribution in [0.4, 0.5) is 0 Å². The third-order valence-corrected chi connectivity index (χ3v) is 16.9. The Morgan fingerprint density at radius 2 is 0.793 bits per heavy atom. The smallest absolute Gasteiger partial charge is 0.0555 e. The van der Waals surface area contributed by atoms with E-state index in [2.05, 4.69) is 228 Å². The van der Waals surface area contributed by atoms with E-state index in [0.29, 0.717) is 0 Å². The number of nitrogens with zero attached hydrogens (tertiary/aromatic N) is 2. The summed E-state index contributed by atoms with van der Waals surface area (Å²) in [5.74, 6) is 0. The fraction of sp³-hybridized carbons (Fsp3) is 0. The molecule has 0 saturated heterocycles. The van der Waals surface area contributed by atoms with Crippen molar-refractivity contribution in [2.24, 2.45) is 0 Å². The average Bonchev–Trinajstić information content (AvgIpc) is 3.96. The van der Waals surface area contributed by atoms with Gasteiger partial charge in [-0.3, -0.25) is 0 Å². The van der Waals surface area contributed by atoms with Crippen molar-refractivity contribution in [2.75, 3.05) is 0 Å². The van der Waals surface area contributed by atoms with Crippen LogP contribution in [-0.4, -0.2) is 9.13 Å². The summed E-state index contributed by atoms with van der Waals surface area (Å²) in [5.41, 5.74) is 7.20. The van der Waals surface area contributed by atoms with Crippen molar-refractivity contribution in [3.8, 4) is 11.4 Å². The number of benzene rings is 9. The molecule has 12 rings (SSSR count). The van der Waals surface area contributed by atoms with Gasteiger partial charge in [-0.25, -0.2) is 0 Å². The predicted molar refractivity (Wildman–Crippen MR) is 248 cm³/mol. The molecule has 0 aliphatic rings. The van der Waals surface area contributed by atoms with Gasteiger partial charge in [-0.15, -0.1) is 21.4 Å². The van der Waals surface area contributed by atoms with Crippen LogP contribution in [0, 0.1) is 0 Å². The molecule has 58 heavy (non-hydrogen) atoms. The van der Waals surface area contributed by atoms with Crippen LogP contribution in [0.1, 0.15) is 0 Å². The van der Waals surface area contributed by atoms with Crippen molar-refractivity contribution in [1.82, 2.24) is 9.13 Å². The Labute approximate surface area is 341 Å². The van der Waals surface area contributed by atoms with Crippen molar-refractivity contribution < 1.29 is 0 Å². The zero-order valence-electron chi connectivity index (χ0n) is 31.5. The Morgan fingerprint density at radius 3 is 1.50 bits per heavy atom. The van der Waals surface area contributed by atoms with E-state index in [0.717, 1.165) is 5.69 Å². The average molecular weight is 777 g/mol. The molecule has 12 aromatic rings. The van der Waals surface area contributed by atoms with Gasteiger partial charge in [0.2, 0.25) is 0 Å². The van der Waals surface area contributed by atoms with Crippen LogP contribution in [-0.2, 0) is 0 Å². The first-order chi connectivity index (χ1) is 28.8. The summed E-state index contributed by atoms with van der Waals surface area (Å²) >= 11 is 1.90. The summed E-state index contributed by atoms with van der Waals surface area (Å²) in [7, 11) is -1.96. The van der Waals surface area contributed by atoms with Crippen LogP contribution in [0.5, 0.6) is 0 Å². The van der Waals surface area contributed by atoms with Crippen LogP contribution in [0.2, 0.25) is 0 Å². The van der Waals surface area contributed by atoms with Gasteiger partial charge in [0.05, 0.1) is 22.1 Å². The predicted octanol–water partition coefficient (Wildman–Crippen LogP) is 15.6. The molecule has 0 spiro atoms. The van der Waals surface area contributed by atoms with E-state index in [1.165, 1.54) is 89.1 Å². The van der Waals surface area contributed by atoms with Gasteiger partial charge in [0.15, 0.2) is 0 Å². The third kappa shape index (κ3) is 4.80. The quantitative estimate of drug-likeness (QED) is 0.159. The molecule has 0 amide bonds. The summed E-state index contributed by atoms with van der Waals surface area (Å²) in [6, 6.07) is 81.0. The van der Waals surface area contributed by atoms with E-state index in [1.54, 1.807) is 0 Å². The molecule has 0 radical (unpaired) electrons. The van der Waals surface area contributed by atoms with Crippen molar-refractivity contribution >= 4 is 85.1 Å². The summed E-state index contributed by atoms with van der Waals surface area (Å²) in [6.45, 7) is 0. The maximum absolute atomic E-state index is 2.49. The lowest BCUT2D eigenvalue weighted by Crippen LogP contribution is -2.06. The molecule has 4 heteroatoms. The molecule has 3 heterocycles. The number of para-hydroxylation sites is 3. The van der Waals surface area contributed by atoms with Gasteiger partial charge in [-0.2, -0.15) is 0 Å². The number of aromatic nitrogens is 2. The molecule has 9 aromatic carbocycles. The molecule has 2 nitrogen and oxygen atoms in total. The highest BCUT2D eigenvalue weighted by atomic mass is 32.3. The summed E-state index contributed by atoms with van der Waals surface area (Å²) < 4.78 is 7.55. The number of hydrogen-bond donors (Lipinski definition) is 0. The Morgan fingerprint density at radius 1 is 0.310 bits per heavy atom. The van der Waals surface area contributed by atoms with Crippen molar-refractivity contribution in [2.45, 2.75) is 19.6 Å². The van der Waals surface area contributed by atoms with E-state index in [1.807, 2.05) is 11.3 Å². The molecule has 0 atom stereocenters. The van der Waals surface area contributed by atoms with Crippen molar-refractivity contribution in [3.63, 3.8) is 0 Å². The summed E-state index contributed by atoms with van der Waals surface area (Å²) in [5, 5.41) is 7.79. The van der Waals surface area contributed by atoms with Crippen molar-refractivity contribution in [3.05, 3.63) is 218 Å². The minimum atomic E-state index is -1.96. The van der Waals surface area contributed by atoms with Crippen LogP contribution in [0.3, 0.4) is 0 Å². The van der Waals surface area contributed by atoms with Crippen LogP contribution in [0.15, 0.2) is 238 Å². The second kappa shape index (κ2) is 13.1. The van der Waals surface area contributed by atoms with Gasteiger partial charge >= 0.3 is 0 Å². The zero-order chi connectivity index (χ0) is 38.2. The van der Waals surface area contributed by atoms with E-state index in [-0.39, 0.29) is 0 Å². The lowest BCUT2D eigenvalue weighted by Gasteiger charge is -2.42. The highest BCUT2D eigenvalue weighted by molar-refractivity contribution is 8.34. The van der Waals surface area contributed by atoms with Gasteiger partial charge in [0, 0.05) is 72.7 Å². The molecular formula is C54H36N2S2. The highest BCUT2D eigenvalue weighted by Crippen LogP contribution is 2.73. The SMILES string of the molecule is c1ccc(-n2c3ccccc3c3cc(S(c4ccccc4)(c4ccccc4)c4ccc(-n5c6ccccc6c6c7sc8ccccc8c7ccc65)cc4)ccc32)cc1. The first-order valence-corrected chi connectivity index (χ1v) is 22.2. The van der Waals surface area contributed by atoms with Gasteiger partial charge in [-0.05, 0) is 103 Å². The largest absolute Gasteiger partial charge is 0.309 e. The van der Waals surface area contributed by atoms with Crippen LogP contribution >= 0.6 is 21.4 Å². The normalized spacial score (nSPS) is 12.4. The minimum Gasteiger partial charge on any atom is -0.309 e. The molecule has 0 N–H and O–H groups in total. The Balaban J connectivity index is 1.11. The van der Waals surface area contributed by atoms with E-state index < -0.39 is 10.0 Å². The lowest BCUT2D eigenvalue weighted by molar-refractivity contribution is 1.16. The molecule has 0 aliphatic carbocycles. The molecule has 0 bridgehead atoms. The second-order valence-corrected chi connectivity index (χ2v) is 19.0. The topological polar surface area (TPSA) is 9.86 Å². The summed E-state index contributed by atoms with van der Waals surface area (Å²) in [6.07, 6.45) is 0. The van der Waals surface area contributed by atoms with Gasteiger partial charge in [-0.1, -0.05) is 115 Å². The molecule has 0 saturated carbocycles. The molecular weight excluding hydrogens is 741 g/mol. The number of hydrogen-bond acceptors (Lipinski definition) is 1. The number of thiophene rings is 1. The molecule has 0 aliphatic heterocycles. The Hall–Kier alpha value is -6.85. The lowest BCUT2D eigenvalue weighted by atomic mass is 10.1. The monoisotopic (exact) mass is 776 g/mol. The fourth-order valence-corrected chi connectivity index (χ4v) is 14.5. The van der Waals surface area contributed by atoms with Gasteiger partial charge < -0.3 is 9.13 Å². The number of fused-ring (bicyclic) bond motifs is 10. The Kier molecular flexibility index (Phi) is 7.52. The van der Waals surface area contributed by atoms with Crippen molar-refractivity contribution in [1.29, 1.82) is 0 Å². The van der Waals surface area contributed by atoms with Crippen LogP contribution < -0.4 is 0 Å². The summed E-state index contributed by atoms with van der Waals surface area (Å²) in [4.78, 5) is 5.23. The minimum absolute atomic E-state index is 1.16. The zero-order valence-corrected chi connectivity index (χ0v) is 33.1. The molecule has 0 fully saturated rings. The first kappa shape index (κ1) is 33.3. The van der Waals surface area contributed by atoms with Gasteiger partial charge in [0.1, 0.15) is 0 Å². The van der Waals surface area contributed by atoms with Crippen LogP contribution in [0.25, 0.3) is 75.2 Å². The maximum atomic E-state index is 2.49. The second-order valence-electron chi connectivity index (χ2n) is 14.9. The molecule has 0 unspecified atom stereocenters. The first-order valence-electron chi connectivity index (χ1n) is 19.8. The highest BCUT2D eigenvalue weighted by Gasteiger charge is 2.34. The third-order valence-electron chi connectivity index (χ3n) is 11.8. The van der Waals surface area contributed by atoms with Gasteiger partial charge in [0.25, 0.3) is 0 Å². The maximum Gasteiger partial charge on any atom is 0.0555 e. The Bertz CT molecular complexity index is 3450. The fourth-order valence-electron chi connectivity index (χ4n) is 9.38. The number of rotatable bonds is 6. The molecule has 3 aromatic heterocycles. The van der Waals surface area contributed by atoms with E-state index in [4.69, 9.17) is 0 Å². The van der Waals surface area contributed by atoms with E-state index >= 15 is 0 Å². The molecule has 274 valence electrons. The van der Waals surface area contributed by atoms with E-state index in [9.17, 15) is 0 Å². The standard InChI is InChI=1S/C54H36N2S2/c1-4-16-37(17-5-1)55-48-25-13-10-22-43(48)47-36-42(32-34-50(47)55)58(39-18-6-2-7-19-39,40-20-8-3-9-21-40)41-30-28-38(29-31-41)56-49-26-14-11-24-46(49)53-51(56)35-33-45-44-23-12-15-27-52(44)57-54(45)53/h1-36H.